The van der Waals surface area contributed by atoms with Gasteiger partial charge in [0, 0.05) is 20.2 Å². The monoisotopic (exact) mass is 417 g/mol. The van der Waals surface area contributed by atoms with Crippen LogP contribution in [0.1, 0.15) is 17.2 Å². The molecule has 0 amide bonds. The Morgan fingerprint density at radius 1 is 1.35 bits per heavy atom. The number of hydrogen-bond donors (Lipinski definition) is 1. The number of rotatable bonds is 4. The first-order valence-corrected chi connectivity index (χ1v) is 7.72. The van der Waals surface area contributed by atoms with Crippen molar-refractivity contribution in [3.8, 4) is 0 Å². The van der Waals surface area contributed by atoms with Gasteiger partial charge in [-0.15, -0.1) is 0 Å². The molecule has 1 aromatic carbocycles. The van der Waals surface area contributed by atoms with Gasteiger partial charge in [-0.05, 0) is 62.0 Å². The number of carboxylic acid groups (broad SMARTS) is 1. The molecular formula is C14H10Br2ClNO2. The van der Waals surface area contributed by atoms with Gasteiger partial charge in [-0.2, -0.15) is 0 Å². The number of aromatic nitrogens is 1. The Bertz CT molecular complexity index is 649. The largest absolute Gasteiger partial charge is 0.481 e. The molecule has 1 heterocycles. The lowest BCUT2D eigenvalue weighted by atomic mass is 9.96. The van der Waals surface area contributed by atoms with Crippen molar-refractivity contribution in [3.63, 3.8) is 0 Å². The Labute approximate surface area is 138 Å². The van der Waals surface area contributed by atoms with E-state index in [-0.39, 0.29) is 0 Å². The zero-order chi connectivity index (χ0) is 14.7. The molecular weight excluding hydrogens is 409 g/mol. The summed E-state index contributed by atoms with van der Waals surface area (Å²) in [5.41, 5.74) is 1.36. The van der Waals surface area contributed by atoms with Gasteiger partial charge in [-0.25, -0.2) is 0 Å². The first-order chi connectivity index (χ1) is 9.47. The number of aliphatic carboxylic acids is 1. The number of nitrogens with zero attached hydrogens (tertiary/aromatic N) is 1. The van der Waals surface area contributed by atoms with Crippen LogP contribution in [0.5, 0.6) is 0 Å². The highest BCUT2D eigenvalue weighted by Crippen LogP contribution is 2.29. The Morgan fingerprint density at radius 3 is 2.70 bits per heavy atom. The van der Waals surface area contributed by atoms with Crippen molar-refractivity contribution in [1.82, 2.24) is 4.98 Å². The smallest absolute Gasteiger partial charge is 0.312 e. The minimum absolute atomic E-state index is 0.336. The summed E-state index contributed by atoms with van der Waals surface area (Å²) in [6.45, 7) is 0. The van der Waals surface area contributed by atoms with E-state index in [9.17, 15) is 9.90 Å². The van der Waals surface area contributed by atoms with Crippen LogP contribution >= 0.6 is 43.5 Å². The van der Waals surface area contributed by atoms with Gasteiger partial charge in [-0.3, -0.25) is 9.78 Å². The molecule has 0 saturated carbocycles. The van der Waals surface area contributed by atoms with Crippen LogP contribution in [0.4, 0.5) is 0 Å². The second-order valence-corrected chi connectivity index (χ2v) is 6.45. The lowest BCUT2D eigenvalue weighted by Crippen LogP contribution is -2.16. The third kappa shape index (κ3) is 3.81. The number of carboxylic acids is 1. The molecule has 0 spiro atoms. The first kappa shape index (κ1) is 15.5. The van der Waals surface area contributed by atoms with Crippen LogP contribution in [0.3, 0.4) is 0 Å². The van der Waals surface area contributed by atoms with Gasteiger partial charge in [0.1, 0.15) is 5.92 Å². The number of benzene rings is 1. The van der Waals surface area contributed by atoms with Crippen molar-refractivity contribution in [3.05, 3.63) is 61.8 Å². The second-order valence-electron chi connectivity index (χ2n) is 4.25. The highest BCUT2D eigenvalue weighted by Gasteiger charge is 2.24. The molecule has 0 radical (unpaired) electrons. The molecule has 1 unspecified atom stereocenters. The molecule has 3 nitrogen and oxygen atoms in total. The predicted octanol–water partition coefficient (Wildman–Crippen LogP) is 4.67. The van der Waals surface area contributed by atoms with Gasteiger partial charge in [-0.1, -0.05) is 23.7 Å². The minimum Gasteiger partial charge on any atom is -0.481 e. The summed E-state index contributed by atoms with van der Waals surface area (Å²) in [6.07, 6.45) is 1.93. The molecule has 0 aliphatic rings. The second kappa shape index (κ2) is 6.70. The maximum Gasteiger partial charge on any atom is 0.312 e. The van der Waals surface area contributed by atoms with Crippen molar-refractivity contribution in [2.24, 2.45) is 0 Å². The molecule has 6 heteroatoms. The van der Waals surface area contributed by atoms with E-state index in [1.807, 2.05) is 6.07 Å². The van der Waals surface area contributed by atoms with E-state index < -0.39 is 11.9 Å². The maximum atomic E-state index is 11.5. The standard InChI is InChI=1S/C14H10Br2ClNO2/c15-9-6-12(16)13(18-7-9)11(14(19)20)5-8-2-1-3-10(17)4-8/h1-4,6-7,11H,5H2,(H,19,20). The summed E-state index contributed by atoms with van der Waals surface area (Å²) >= 11 is 12.6. The molecule has 0 fully saturated rings. The quantitative estimate of drug-likeness (QED) is 0.784. The highest BCUT2D eigenvalue weighted by molar-refractivity contribution is 9.11. The van der Waals surface area contributed by atoms with E-state index in [0.717, 1.165) is 10.0 Å². The molecule has 1 N–H and O–H groups in total. The number of carbonyl (C=O) groups is 1. The fourth-order valence-electron chi connectivity index (χ4n) is 1.88. The van der Waals surface area contributed by atoms with E-state index in [1.165, 1.54) is 0 Å². The first-order valence-electron chi connectivity index (χ1n) is 5.75. The van der Waals surface area contributed by atoms with Gasteiger partial charge >= 0.3 is 5.97 Å². The Hall–Kier alpha value is -0.910. The highest BCUT2D eigenvalue weighted by atomic mass is 79.9. The molecule has 2 aromatic rings. The molecule has 1 atom stereocenters. The third-order valence-electron chi connectivity index (χ3n) is 2.79. The summed E-state index contributed by atoms with van der Waals surface area (Å²) < 4.78 is 1.46. The summed E-state index contributed by atoms with van der Waals surface area (Å²) in [5.74, 6) is -1.64. The van der Waals surface area contributed by atoms with Crippen LogP contribution < -0.4 is 0 Å². The zero-order valence-corrected chi connectivity index (χ0v) is 14.1. The number of halogens is 3. The molecule has 0 bridgehead atoms. The maximum absolute atomic E-state index is 11.5. The zero-order valence-electron chi connectivity index (χ0n) is 10.2. The molecule has 0 saturated heterocycles. The van der Waals surface area contributed by atoms with Gasteiger partial charge in [0.05, 0.1) is 5.69 Å². The number of pyridine rings is 1. The molecule has 0 aliphatic carbocycles. The lowest BCUT2D eigenvalue weighted by molar-refractivity contribution is -0.138. The van der Waals surface area contributed by atoms with Gasteiger partial charge < -0.3 is 5.11 Å². The van der Waals surface area contributed by atoms with Crippen LogP contribution in [-0.4, -0.2) is 16.1 Å². The normalized spacial score (nSPS) is 12.2. The molecule has 20 heavy (non-hydrogen) atoms. The van der Waals surface area contributed by atoms with E-state index in [2.05, 4.69) is 36.8 Å². The van der Waals surface area contributed by atoms with Crippen molar-refractivity contribution >= 4 is 49.4 Å². The van der Waals surface area contributed by atoms with E-state index in [1.54, 1.807) is 30.5 Å². The van der Waals surface area contributed by atoms with Gasteiger partial charge in [0.25, 0.3) is 0 Å². The van der Waals surface area contributed by atoms with Crippen LogP contribution in [0.15, 0.2) is 45.5 Å². The fourth-order valence-corrected chi connectivity index (χ4v) is 3.36. The van der Waals surface area contributed by atoms with Crippen LogP contribution in [0.2, 0.25) is 5.02 Å². The molecule has 104 valence electrons. The molecule has 0 aliphatic heterocycles. The topological polar surface area (TPSA) is 50.2 Å². The predicted molar refractivity (Wildman–Crippen MR) is 85.2 cm³/mol. The average molecular weight is 420 g/mol. The summed E-state index contributed by atoms with van der Waals surface area (Å²) in [6, 6.07) is 8.98. The van der Waals surface area contributed by atoms with Crippen molar-refractivity contribution < 1.29 is 9.90 Å². The van der Waals surface area contributed by atoms with Crippen molar-refractivity contribution in [2.45, 2.75) is 12.3 Å². The van der Waals surface area contributed by atoms with Crippen LogP contribution in [0.25, 0.3) is 0 Å². The van der Waals surface area contributed by atoms with E-state index >= 15 is 0 Å². The van der Waals surface area contributed by atoms with Crippen LogP contribution in [-0.2, 0) is 11.2 Å². The van der Waals surface area contributed by atoms with Gasteiger partial charge in [0.15, 0.2) is 0 Å². The molecule has 2 rings (SSSR count). The molecule has 1 aromatic heterocycles. The Morgan fingerprint density at radius 2 is 2.10 bits per heavy atom. The van der Waals surface area contributed by atoms with Crippen molar-refractivity contribution in [1.29, 1.82) is 0 Å². The van der Waals surface area contributed by atoms with Crippen LogP contribution in [0, 0.1) is 0 Å². The third-order valence-corrected chi connectivity index (χ3v) is 4.10. The SMILES string of the molecule is O=C(O)C(Cc1cccc(Cl)c1)c1ncc(Br)cc1Br. The average Bonchev–Trinajstić information content (AvgIpc) is 2.36. The summed E-state index contributed by atoms with van der Waals surface area (Å²) in [7, 11) is 0. The fraction of sp³-hybridized carbons (Fsp3) is 0.143. The van der Waals surface area contributed by atoms with E-state index in [4.69, 9.17) is 11.6 Å². The Balaban J connectivity index is 2.34. The minimum atomic E-state index is -0.916. The summed E-state index contributed by atoms with van der Waals surface area (Å²) in [4.78, 5) is 15.7. The lowest BCUT2D eigenvalue weighted by Gasteiger charge is -2.14. The van der Waals surface area contributed by atoms with Crippen molar-refractivity contribution in [2.75, 3.05) is 0 Å². The van der Waals surface area contributed by atoms with Gasteiger partial charge in [0.2, 0.25) is 0 Å². The Kier molecular flexibility index (Phi) is 5.18. The number of hydrogen-bond acceptors (Lipinski definition) is 2. The summed E-state index contributed by atoms with van der Waals surface area (Å²) in [5, 5.41) is 10.0. The van der Waals surface area contributed by atoms with E-state index in [0.29, 0.717) is 21.6 Å².